The van der Waals surface area contributed by atoms with E-state index in [4.69, 9.17) is 0 Å². The number of nitrogens with zero attached hydrogens (tertiary/aromatic N) is 1. The van der Waals surface area contributed by atoms with Gasteiger partial charge in [-0.15, -0.1) is 0 Å². The van der Waals surface area contributed by atoms with Gasteiger partial charge >= 0.3 is 0 Å². The molecule has 0 aliphatic heterocycles. The first-order valence-electron chi connectivity index (χ1n) is 20.7. The fraction of sp³-hybridized carbons (Fsp3) is 0.309. The molecule has 0 fully saturated rings. The molecular formula is C55H66N2. The number of nitrogens with one attached hydrogen (secondary N) is 1. The minimum atomic E-state index is 0.0375. The highest BCUT2D eigenvalue weighted by molar-refractivity contribution is 5.99. The van der Waals surface area contributed by atoms with E-state index in [0.717, 1.165) is 22.7 Å². The van der Waals surface area contributed by atoms with Gasteiger partial charge < -0.3 is 10.2 Å². The molecule has 0 spiro atoms. The lowest BCUT2D eigenvalue weighted by Crippen LogP contribution is -2.13. The summed E-state index contributed by atoms with van der Waals surface area (Å²) < 4.78 is 0. The Bertz CT molecular complexity index is 2280. The Morgan fingerprint density at radius 1 is 0.439 bits per heavy atom. The van der Waals surface area contributed by atoms with E-state index in [0.29, 0.717) is 11.8 Å². The molecule has 2 heteroatoms. The lowest BCUT2D eigenvalue weighted by molar-refractivity contribution is 0.590. The van der Waals surface area contributed by atoms with Gasteiger partial charge in [0.15, 0.2) is 0 Å². The summed E-state index contributed by atoms with van der Waals surface area (Å²) in [6.45, 7) is 29.1. The van der Waals surface area contributed by atoms with Crippen LogP contribution in [0, 0.1) is 20.8 Å². The van der Waals surface area contributed by atoms with E-state index in [1.165, 1.54) is 55.4 Å². The maximum absolute atomic E-state index is 3.40. The van der Waals surface area contributed by atoms with Crippen LogP contribution < -0.4 is 10.2 Å². The molecule has 0 aromatic heterocycles. The minimum absolute atomic E-state index is 0.0375. The van der Waals surface area contributed by atoms with E-state index in [9.17, 15) is 0 Å². The average molecular weight is 755 g/mol. The molecule has 0 aliphatic rings. The Labute approximate surface area is 345 Å². The molecule has 0 amide bonds. The van der Waals surface area contributed by atoms with Gasteiger partial charge in [0.25, 0.3) is 0 Å². The number of benzene rings is 5. The Morgan fingerprint density at radius 2 is 0.877 bits per heavy atom. The molecule has 0 heterocycles. The average Bonchev–Trinajstić information content (AvgIpc) is 3.16. The first-order chi connectivity index (χ1) is 26.9. The third kappa shape index (κ3) is 11.4. The molecule has 1 N–H and O–H groups in total. The molecule has 0 aliphatic carbocycles. The minimum Gasteiger partial charge on any atom is -0.356 e. The van der Waals surface area contributed by atoms with Crippen molar-refractivity contribution in [1.29, 1.82) is 0 Å². The van der Waals surface area contributed by atoms with Crippen LogP contribution in [-0.2, 0) is 10.8 Å². The normalized spacial score (nSPS) is 11.6. The van der Waals surface area contributed by atoms with Crippen LogP contribution in [0.1, 0.15) is 120 Å². The largest absolute Gasteiger partial charge is 0.356 e. The molecule has 6 aromatic rings. The third-order valence-electron chi connectivity index (χ3n) is 10.8. The van der Waals surface area contributed by atoms with Crippen LogP contribution in [0.3, 0.4) is 0 Å². The Balaban J connectivity index is 0.000000303. The molecule has 0 bridgehead atoms. The monoisotopic (exact) mass is 755 g/mol. The first kappa shape index (κ1) is 42.8. The predicted octanol–water partition coefficient (Wildman–Crippen LogP) is 16.6. The molecule has 57 heavy (non-hydrogen) atoms. The number of hydrogen-bond donors (Lipinski definition) is 1. The number of anilines is 5. The smallest absolute Gasteiger partial charge is 0.0540 e. The molecule has 6 rings (SSSR count). The van der Waals surface area contributed by atoms with E-state index in [1.807, 2.05) is 0 Å². The fourth-order valence-corrected chi connectivity index (χ4v) is 6.84. The summed E-state index contributed by atoms with van der Waals surface area (Å²) in [5.41, 5.74) is 15.0. The van der Waals surface area contributed by atoms with Crippen molar-refractivity contribution < 1.29 is 0 Å². The summed E-state index contributed by atoms with van der Waals surface area (Å²) >= 11 is 0. The van der Waals surface area contributed by atoms with Crippen molar-refractivity contribution >= 4 is 39.2 Å². The molecule has 0 saturated heterocycles. The molecule has 0 unspecified atom stereocenters. The van der Waals surface area contributed by atoms with E-state index >= 15 is 0 Å². The maximum atomic E-state index is 3.40. The molecule has 6 aromatic carbocycles. The SMILES string of the molecule is Cc1ccc(N(c2ccc(C(C)C)cc2)c2cccc(C(C)(C)C)ccc(C)c3ccc(C(C)(C)C)cc23)cc1.Cc1ccc(Nc2ccc(C(C)C)cc2)cc1. The summed E-state index contributed by atoms with van der Waals surface area (Å²) in [6, 6.07) is 53.5. The predicted molar refractivity (Wildman–Crippen MR) is 252 cm³/mol. The molecule has 0 atom stereocenters. The molecule has 296 valence electrons. The van der Waals surface area contributed by atoms with Gasteiger partial charge in [0.05, 0.1) is 5.69 Å². The summed E-state index contributed by atoms with van der Waals surface area (Å²) in [7, 11) is 0. The second-order valence-corrected chi connectivity index (χ2v) is 18.3. The standard InChI is InChI=1S/C39H47N.C16H19N/c1-27(2)30-17-23-34(24-18-30)40(33-21-14-28(3)15-22-33)37-13-11-12-31(38(5,6)7)19-16-29(4)35-25-20-32(26-36(35)37)39(8,9)10;1-12(2)14-6-10-16(11-7-14)17-15-8-4-13(3)5-9-15/h11-27H,1-10H3;4-12,17H,1-3H3. The number of hydrogen-bond acceptors (Lipinski definition) is 2. The molecular weight excluding hydrogens is 689 g/mol. The van der Waals surface area contributed by atoms with Crippen molar-refractivity contribution in [2.75, 3.05) is 10.2 Å². The first-order valence-corrected chi connectivity index (χ1v) is 20.7. The fourth-order valence-electron chi connectivity index (χ4n) is 6.84. The van der Waals surface area contributed by atoms with Crippen molar-refractivity contribution in [3.05, 3.63) is 185 Å². The lowest BCUT2D eigenvalue weighted by atomic mass is 9.85. The van der Waals surface area contributed by atoms with Crippen molar-refractivity contribution in [2.24, 2.45) is 0 Å². The van der Waals surface area contributed by atoms with Crippen LogP contribution in [0.2, 0.25) is 0 Å². The maximum Gasteiger partial charge on any atom is 0.0540 e. The van der Waals surface area contributed by atoms with E-state index in [1.54, 1.807) is 0 Å². The van der Waals surface area contributed by atoms with Gasteiger partial charge in [0.1, 0.15) is 0 Å². The van der Waals surface area contributed by atoms with Gasteiger partial charge in [-0.05, 0) is 137 Å². The third-order valence-corrected chi connectivity index (χ3v) is 10.8. The second kappa shape index (κ2) is 18.3. The van der Waals surface area contributed by atoms with Gasteiger partial charge in [-0.3, -0.25) is 0 Å². The van der Waals surface area contributed by atoms with Crippen molar-refractivity contribution in [3.8, 4) is 0 Å². The number of fused-ring (bicyclic) bond motifs is 1. The Morgan fingerprint density at radius 3 is 1.37 bits per heavy atom. The highest BCUT2D eigenvalue weighted by Gasteiger charge is 2.19. The van der Waals surface area contributed by atoms with Gasteiger partial charge in [-0.25, -0.2) is 0 Å². The summed E-state index contributed by atoms with van der Waals surface area (Å²) in [5.74, 6) is 1.08. The zero-order valence-electron chi connectivity index (χ0n) is 37.0. The molecule has 0 radical (unpaired) electrons. The van der Waals surface area contributed by atoms with Crippen LogP contribution in [0.4, 0.5) is 28.4 Å². The summed E-state index contributed by atoms with van der Waals surface area (Å²) in [4.78, 5) is 2.43. The van der Waals surface area contributed by atoms with E-state index in [2.05, 4.69) is 246 Å². The quantitative estimate of drug-likeness (QED) is 0.175. The van der Waals surface area contributed by atoms with Crippen molar-refractivity contribution in [3.63, 3.8) is 0 Å². The van der Waals surface area contributed by atoms with Crippen LogP contribution >= 0.6 is 0 Å². The molecule has 0 saturated carbocycles. The van der Waals surface area contributed by atoms with Crippen molar-refractivity contribution in [2.45, 2.75) is 113 Å². The zero-order chi connectivity index (χ0) is 41.5. The van der Waals surface area contributed by atoms with E-state index in [-0.39, 0.29) is 10.8 Å². The van der Waals surface area contributed by atoms with Crippen molar-refractivity contribution in [1.82, 2.24) is 0 Å². The topological polar surface area (TPSA) is 15.3 Å². The van der Waals surface area contributed by atoms with Gasteiger partial charge in [0, 0.05) is 28.1 Å². The molecule has 2 nitrogen and oxygen atoms in total. The van der Waals surface area contributed by atoms with Gasteiger partial charge in [-0.1, -0.05) is 165 Å². The van der Waals surface area contributed by atoms with Crippen LogP contribution in [0.5, 0.6) is 0 Å². The van der Waals surface area contributed by atoms with Crippen LogP contribution in [0.25, 0.3) is 10.8 Å². The number of rotatable bonds is 7. The summed E-state index contributed by atoms with van der Waals surface area (Å²) in [5, 5.41) is 5.90. The van der Waals surface area contributed by atoms with Gasteiger partial charge in [-0.2, -0.15) is 0 Å². The summed E-state index contributed by atoms with van der Waals surface area (Å²) in [6.07, 6.45) is 0. The Hall–Kier alpha value is -5.34. The number of aryl methyl sites for hydroxylation is 3. The van der Waals surface area contributed by atoms with Crippen LogP contribution in [-0.4, -0.2) is 0 Å². The van der Waals surface area contributed by atoms with E-state index < -0.39 is 0 Å². The zero-order valence-corrected chi connectivity index (χ0v) is 37.0. The second-order valence-electron chi connectivity index (χ2n) is 18.3. The Kier molecular flexibility index (Phi) is 13.7. The highest BCUT2D eigenvalue weighted by atomic mass is 15.1. The van der Waals surface area contributed by atoms with Gasteiger partial charge in [0.2, 0.25) is 0 Å². The van der Waals surface area contributed by atoms with Crippen LogP contribution in [0.15, 0.2) is 146 Å². The lowest BCUT2D eigenvalue weighted by Gasteiger charge is -2.28. The highest BCUT2D eigenvalue weighted by Crippen LogP contribution is 2.40.